The van der Waals surface area contributed by atoms with Gasteiger partial charge in [-0.2, -0.15) is 0 Å². The SMILES string of the molecule is CCCOc1ccc(C2/C(=C(\O)c3ccc(F)cc3)C(=O)C(=O)N2CCCn2ccnc2)cc1OCC. The normalized spacial score (nSPS) is 16.8. The molecule has 9 heteroatoms. The van der Waals surface area contributed by atoms with Crippen LogP contribution in [0.4, 0.5) is 4.39 Å². The summed E-state index contributed by atoms with van der Waals surface area (Å²) in [5, 5.41) is 11.2. The van der Waals surface area contributed by atoms with Gasteiger partial charge < -0.3 is 24.0 Å². The molecule has 37 heavy (non-hydrogen) atoms. The van der Waals surface area contributed by atoms with E-state index in [2.05, 4.69) is 4.98 Å². The minimum Gasteiger partial charge on any atom is -0.507 e. The molecule has 0 aliphatic carbocycles. The third-order valence-electron chi connectivity index (χ3n) is 6.08. The number of imidazole rings is 1. The van der Waals surface area contributed by atoms with Crippen molar-refractivity contribution in [2.45, 2.75) is 39.3 Å². The van der Waals surface area contributed by atoms with Gasteiger partial charge in [0.15, 0.2) is 11.5 Å². The highest BCUT2D eigenvalue weighted by molar-refractivity contribution is 6.46. The average molecular weight is 508 g/mol. The number of aryl methyl sites for hydroxylation is 1. The second-order valence-electron chi connectivity index (χ2n) is 8.64. The van der Waals surface area contributed by atoms with Crippen LogP contribution in [-0.4, -0.2) is 51.0 Å². The largest absolute Gasteiger partial charge is 0.507 e. The van der Waals surface area contributed by atoms with E-state index < -0.39 is 23.5 Å². The van der Waals surface area contributed by atoms with Crippen LogP contribution in [0.25, 0.3) is 5.76 Å². The van der Waals surface area contributed by atoms with Crippen LogP contribution in [0.15, 0.2) is 66.8 Å². The van der Waals surface area contributed by atoms with Gasteiger partial charge in [0.2, 0.25) is 0 Å². The molecule has 1 fully saturated rings. The zero-order chi connectivity index (χ0) is 26.4. The Morgan fingerprint density at radius 2 is 1.84 bits per heavy atom. The van der Waals surface area contributed by atoms with E-state index in [0.29, 0.717) is 43.2 Å². The molecule has 1 N–H and O–H groups in total. The van der Waals surface area contributed by atoms with E-state index in [4.69, 9.17) is 9.47 Å². The number of carbonyl (C=O) groups excluding carboxylic acids is 2. The number of carbonyl (C=O) groups is 2. The molecule has 1 aliphatic heterocycles. The van der Waals surface area contributed by atoms with E-state index in [1.165, 1.54) is 29.2 Å². The topological polar surface area (TPSA) is 93.9 Å². The number of benzene rings is 2. The Morgan fingerprint density at radius 1 is 1.05 bits per heavy atom. The highest BCUT2D eigenvalue weighted by Crippen LogP contribution is 2.42. The van der Waals surface area contributed by atoms with Crippen molar-refractivity contribution in [2.24, 2.45) is 0 Å². The number of rotatable bonds is 11. The lowest BCUT2D eigenvalue weighted by Crippen LogP contribution is -2.31. The molecule has 3 aromatic rings. The number of aliphatic hydroxyl groups excluding tert-OH is 1. The Morgan fingerprint density at radius 3 is 2.51 bits per heavy atom. The Bertz CT molecular complexity index is 1270. The third-order valence-corrected chi connectivity index (χ3v) is 6.08. The predicted molar refractivity (Wildman–Crippen MR) is 136 cm³/mol. The van der Waals surface area contributed by atoms with Gasteiger partial charge in [-0.1, -0.05) is 13.0 Å². The Kier molecular flexibility index (Phi) is 8.22. The molecule has 2 aromatic carbocycles. The first-order chi connectivity index (χ1) is 17.9. The smallest absolute Gasteiger partial charge is 0.295 e. The molecule has 2 heterocycles. The number of ketones is 1. The maximum atomic E-state index is 13.5. The lowest BCUT2D eigenvalue weighted by atomic mass is 9.95. The molecule has 1 amide bonds. The number of likely N-dealkylation sites (tertiary alicyclic amines) is 1. The van der Waals surface area contributed by atoms with Gasteiger partial charge in [0, 0.05) is 31.0 Å². The number of amides is 1. The van der Waals surface area contributed by atoms with Crippen LogP contribution in [0.5, 0.6) is 11.5 Å². The van der Waals surface area contributed by atoms with E-state index in [1.54, 1.807) is 30.7 Å². The van der Waals surface area contributed by atoms with Crippen LogP contribution in [0.1, 0.15) is 43.9 Å². The van der Waals surface area contributed by atoms with E-state index in [0.717, 1.165) is 6.42 Å². The van der Waals surface area contributed by atoms with Crippen LogP contribution >= 0.6 is 0 Å². The van der Waals surface area contributed by atoms with Gasteiger partial charge in [0.25, 0.3) is 11.7 Å². The fourth-order valence-corrected chi connectivity index (χ4v) is 4.36. The number of hydrogen-bond acceptors (Lipinski definition) is 6. The maximum Gasteiger partial charge on any atom is 0.295 e. The van der Waals surface area contributed by atoms with Gasteiger partial charge in [-0.15, -0.1) is 0 Å². The van der Waals surface area contributed by atoms with Crippen molar-refractivity contribution in [3.63, 3.8) is 0 Å². The minimum absolute atomic E-state index is 0.0519. The minimum atomic E-state index is -0.854. The quantitative estimate of drug-likeness (QED) is 0.229. The molecule has 194 valence electrons. The monoisotopic (exact) mass is 507 g/mol. The average Bonchev–Trinajstić information content (AvgIpc) is 3.50. The zero-order valence-corrected chi connectivity index (χ0v) is 20.9. The van der Waals surface area contributed by atoms with Crippen LogP contribution in [0, 0.1) is 5.82 Å². The summed E-state index contributed by atoms with van der Waals surface area (Å²) in [5.74, 6) is -1.29. The summed E-state index contributed by atoms with van der Waals surface area (Å²) in [4.78, 5) is 31.9. The Labute approximate surface area is 215 Å². The van der Waals surface area contributed by atoms with Gasteiger partial charge in [-0.05, 0) is 61.7 Å². The highest BCUT2D eigenvalue weighted by Gasteiger charge is 2.46. The lowest BCUT2D eigenvalue weighted by molar-refractivity contribution is -0.139. The van der Waals surface area contributed by atoms with Crippen molar-refractivity contribution < 1.29 is 28.6 Å². The standard InChI is InChI=1S/C28H30FN3O5/c1-3-16-37-22-11-8-20(17-23(22)36-4-2)25-24(26(33)19-6-9-21(29)10-7-19)27(34)28(35)32(25)14-5-13-31-15-12-30-18-31/h6-12,15,17-18,25,33H,3-5,13-14,16H2,1-2H3/b26-24+. The zero-order valence-electron chi connectivity index (χ0n) is 20.9. The molecule has 0 radical (unpaired) electrons. The molecule has 1 unspecified atom stereocenters. The van der Waals surface area contributed by atoms with Gasteiger partial charge >= 0.3 is 0 Å². The molecular weight excluding hydrogens is 477 g/mol. The second kappa shape index (κ2) is 11.7. The van der Waals surface area contributed by atoms with Gasteiger partial charge in [0.1, 0.15) is 11.6 Å². The summed E-state index contributed by atoms with van der Waals surface area (Å²) in [5.41, 5.74) is 0.789. The first-order valence-corrected chi connectivity index (χ1v) is 12.3. The molecule has 8 nitrogen and oxygen atoms in total. The van der Waals surface area contributed by atoms with Gasteiger partial charge in [-0.3, -0.25) is 9.59 Å². The van der Waals surface area contributed by atoms with Crippen LogP contribution < -0.4 is 9.47 Å². The summed E-state index contributed by atoms with van der Waals surface area (Å²) in [7, 11) is 0. The first kappa shape index (κ1) is 25.9. The van der Waals surface area contributed by atoms with Crippen LogP contribution in [0.2, 0.25) is 0 Å². The van der Waals surface area contributed by atoms with Crippen molar-refractivity contribution >= 4 is 17.4 Å². The van der Waals surface area contributed by atoms with E-state index in [1.807, 2.05) is 24.6 Å². The number of halogens is 1. The number of aromatic nitrogens is 2. The van der Waals surface area contributed by atoms with E-state index in [9.17, 15) is 19.1 Å². The summed E-state index contributed by atoms with van der Waals surface area (Å²) in [6.07, 6.45) is 6.56. The fraction of sp³-hybridized carbons (Fsp3) is 0.321. The van der Waals surface area contributed by atoms with Crippen molar-refractivity contribution in [1.29, 1.82) is 0 Å². The third kappa shape index (κ3) is 5.66. The number of aliphatic hydroxyl groups is 1. The number of ether oxygens (including phenoxy) is 2. The van der Waals surface area contributed by atoms with Crippen molar-refractivity contribution in [1.82, 2.24) is 14.5 Å². The molecule has 1 saturated heterocycles. The summed E-state index contributed by atoms with van der Waals surface area (Å²) >= 11 is 0. The summed E-state index contributed by atoms with van der Waals surface area (Å²) < 4.78 is 27.0. The molecular formula is C28H30FN3O5. The molecule has 0 saturated carbocycles. The predicted octanol–water partition coefficient (Wildman–Crippen LogP) is 4.72. The second-order valence-corrected chi connectivity index (χ2v) is 8.64. The first-order valence-electron chi connectivity index (χ1n) is 12.3. The molecule has 1 atom stereocenters. The van der Waals surface area contributed by atoms with E-state index >= 15 is 0 Å². The summed E-state index contributed by atoms with van der Waals surface area (Å²) in [6, 6.07) is 9.54. The molecule has 1 aliphatic rings. The van der Waals surface area contributed by atoms with Crippen molar-refractivity contribution in [2.75, 3.05) is 19.8 Å². The lowest BCUT2D eigenvalue weighted by Gasteiger charge is -2.26. The number of Topliss-reactive ketones (excluding diaryl/α,β-unsaturated/α-hetero) is 1. The van der Waals surface area contributed by atoms with Gasteiger partial charge in [-0.25, -0.2) is 9.37 Å². The summed E-state index contributed by atoms with van der Waals surface area (Å²) in [6.45, 7) is 5.63. The molecule has 1 aromatic heterocycles. The molecule has 0 bridgehead atoms. The highest BCUT2D eigenvalue weighted by atomic mass is 19.1. The number of hydrogen-bond donors (Lipinski definition) is 1. The van der Waals surface area contributed by atoms with E-state index in [-0.39, 0.29) is 23.4 Å². The Balaban J connectivity index is 1.76. The Hall–Kier alpha value is -4.14. The maximum absolute atomic E-state index is 13.5. The van der Waals surface area contributed by atoms with Crippen molar-refractivity contribution in [3.05, 3.63) is 83.7 Å². The molecule has 0 spiro atoms. The number of nitrogens with zero attached hydrogens (tertiary/aromatic N) is 3. The van der Waals surface area contributed by atoms with Crippen LogP contribution in [-0.2, 0) is 16.1 Å². The van der Waals surface area contributed by atoms with Gasteiger partial charge in [0.05, 0.1) is 31.2 Å². The van der Waals surface area contributed by atoms with Crippen molar-refractivity contribution in [3.8, 4) is 11.5 Å². The van der Waals surface area contributed by atoms with Crippen LogP contribution in [0.3, 0.4) is 0 Å². The molecule has 4 rings (SSSR count). The fourth-order valence-electron chi connectivity index (χ4n) is 4.36.